The van der Waals surface area contributed by atoms with Crippen molar-refractivity contribution >= 4 is 11.8 Å². The Morgan fingerprint density at radius 1 is 1.14 bits per heavy atom. The standard InChI is InChI=1S/C23H33N3O3/c1-4-7-18-16-19(9-10-21(18)29-3)22(27)25-12-6-13-26(15-14-25)23(28)20-8-5-11-24(2)17-20/h4,9-10,16,20H,1,5-8,11-15,17H2,2-3H3. The number of nitrogens with zero attached hydrogens (tertiary/aromatic N) is 3. The largest absolute Gasteiger partial charge is 0.496 e. The number of hydrogen-bond acceptors (Lipinski definition) is 4. The van der Waals surface area contributed by atoms with Gasteiger partial charge in [0, 0.05) is 38.3 Å². The van der Waals surface area contributed by atoms with Gasteiger partial charge in [0.2, 0.25) is 5.91 Å². The van der Waals surface area contributed by atoms with Crippen molar-refractivity contribution in [1.82, 2.24) is 14.7 Å². The van der Waals surface area contributed by atoms with Crippen LogP contribution in [0.25, 0.3) is 0 Å². The van der Waals surface area contributed by atoms with Crippen LogP contribution in [-0.2, 0) is 11.2 Å². The molecule has 6 nitrogen and oxygen atoms in total. The molecule has 6 heteroatoms. The summed E-state index contributed by atoms with van der Waals surface area (Å²) < 4.78 is 5.38. The van der Waals surface area contributed by atoms with E-state index in [1.807, 2.05) is 34.1 Å². The molecule has 3 rings (SSSR count). The molecule has 1 aromatic carbocycles. The van der Waals surface area contributed by atoms with E-state index in [2.05, 4.69) is 18.5 Å². The molecule has 2 amide bonds. The Morgan fingerprint density at radius 3 is 2.62 bits per heavy atom. The summed E-state index contributed by atoms with van der Waals surface area (Å²) in [4.78, 5) is 32.1. The lowest BCUT2D eigenvalue weighted by molar-refractivity contribution is -0.137. The highest BCUT2D eigenvalue weighted by atomic mass is 16.5. The van der Waals surface area contributed by atoms with Gasteiger partial charge in [-0.1, -0.05) is 6.08 Å². The van der Waals surface area contributed by atoms with Crippen LogP contribution in [0.1, 0.15) is 35.2 Å². The third kappa shape index (κ3) is 5.18. The number of ether oxygens (including phenoxy) is 1. The lowest BCUT2D eigenvalue weighted by atomic mass is 9.97. The quantitative estimate of drug-likeness (QED) is 0.714. The fraction of sp³-hybridized carbons (Fsp3) is 0.565. The third-order valence-electron chi connectivity index (χ3n) is 5.96. The van der Waals surface area contributed by atoms with Crippen LogP contribution in [0.2, 0.25) is 0 Å². The smallest absolute Gasteiger partial charge is 0.253 e. The predicted molar refractivity (Wildman–Crippen MR) is 114 cm³/mol. The second kappa shape index (κ2) is 9.92. The zero-order chi connectivity index (χ0) is 20.8. The summed E-state index contributed by atoms with van der Waals surface area (Å²) in [5.74, 6) is 1.14. The van der Waals surface area contributed by atoms with Gasteiger partial charge in [-0.05, 0) is 63.0 Å². The minimum atomic E-state index is 0.0182. The second-order valence-electron chi connectivity index (χ2n) is 8.09. The molecule has 0 saturated carbocycles. The van der Waals surface area contributed by atoms with Gasteiger partial charge in [0.05, 0.1) is 13.0 Å². The van der Waals surface area contributed by atoms with Gasteiger partial charge in [-0.3, -0.25) is 9.59 Å². The summed E-state index contributed by atoms with van der Waals surface area (Å²) >= 11 is 0. The SMILES string of the molecule is C=CCc1cc(C(=O)N2CCCN(C(=O)C3CCCN(C)C3)CC2)ccc1OC. The van der Waals surface area contributed by atoms with Crippen LogP contribution in [0.4, 0.5) is 0 Å². The molecule has 29 heavy (non-hydrogen) atoms. The van der Waals surface area contributed by atoms with Crippen LogP contribution in [0, 0.1) is 5.92 Å². The van der Waals surface area contributed by atoms with Gasteiger partial charge in [0.15, 0.2) is 0 Å². The molecule has 0 aliphatic carbocycles. The molecule has 0 N–H and O–H groups in total. The van der Waals surface area contributed by atoms with Crippen molar-refractivity contribution in [1.29, 1.82) is 0 Å². The van der Waals surface area contributed by atoms with E-state index in [9.17, 15) is 9.59 Å². The van der Waals surface area contributed by atoms with Crippen LogP contribution >= 0.6 is 0 Å². The number of piperidine rings is 1. The van der Waals surface area contributed by atoms with Gasteiger partial charge in [-0.25, -0.2) is 0 Å². The fourth-order valence-electron chi connectivity index (χ4n) is 4.38. The van der Waals surface area contributed by atoms with Crippen LogP contribution in [-0.4, -0.2) is 79.9 Å². The summed E-state index contributed by atoms with van der Waals surface area (Å²) in [6, 6.07) is 5.56. The van der Waals surface area contributed by atoms with E-state index >= 15 is 0 Å². The molecule has 158 valence electrons. The molecule has 2 heterocycles. The van der Waals surface area contributed by atoms with Gasteiger partial charge < -0.3 is 19.4 Å². The molecule has 1 atom stereocenters. The number of methoxy groups -OCH3 is 1. The van der Waals surface area contributed by atoms with E-state index in [1.54, 1.807) is 7.11 Å². The molecule has 2 fully saturated rings. The van der Waals surface area contributed by atoms with Crippen molar-refractivity contribution in [2.75, 3.05) is 53.4 Å². The molecule has 2 aliphatic rings. The number of allylic oxidation sites excluding steroid dienone is 1. The summed E-state index contributed by atoms with van der Waals surface area (Å²) in [6.45, 7) is 8.30. The van der Waals surface area contributed by atoms with Crippen molar-refractivity contribution in [3.63, 3.8) is 0 Å². The minimum absolute atomic E-state index is 0.0182. The van der Waals surface area contributed by atoms with E-state index in [0.717, 1.165) is 50.2 Å². The lowest BCUT2D eigenvalue weighted by Gasteiger charge is -2.32. The molecule has 0 radical (unpaired) electrons. The number of rotatable bonds is 5. The first-order valence-corrected chi connectivity index (χ1v) is 10.6. The average molecular weight is 400 g/mol. The normalized spacial score (nSPS) is 20.8. The van der Waals surface area contributed by atoms with E-state index in [0.29, 0.717) is 31.6 Å². The molecule has 1 aromatic rings. The maximum absolute atomic E-state index is 13.1. The number of likely N-dealkylation sites (tertiary alicyclic amines) is 1. The Labute approximate surface area is 174 Å². The van der Waals surface area contributed by atoms with E-state index in [1.165, 1.54) is 0 Å². The topological polar surface area (TPSA) is 53.1 Å². The maximum atomic E-state index is 13.1. The Bertz CT molecular complexity index is 749. The molecule has 2 aliphatic heterocycles. The number of carbonyl (C=O) groups excluding carboxylic acids is 2. The van der Waals surface area contributed by atoms with Crippen molar-refractivity contribution in [3.05, 3.63) is 42.0 Å². The Hall–Kier alpha value is -2.34. The summed E-state index contributed by atoms with van der Waals surface area (Å²) in [5, 5.41) is 0. The van der Waals surface area contributed by atoms with E-state index < -0.39 is 0 Å². The lowest BCUT2D eigenvalue weighted by Crippen LogP contribution is -2.45. The fourth-order valence-corrected chi connectivity index (χ4v) is 4.38. The summed E-state index contributed by atoms with van der Waals surface area (Å²) in [7, 11) is 3.71. The number of amides is 2. The highest BCUT2D eigenvalue weighted by Crippen LogP contribution is 2.23. The highest BCUT2D eigenvalue weighted by molar-refractivity contribution is 5.94. The third-order valence-corrected chi connectivity index (χ3v) is 5.96. The van der Waals surface area contributed by atoms with Crippen LogP contribution < -0.4 is 4.74 Å². The Kier molecular flexibility index (Phi) is 7.31. The van der Waals surface area contributed by atoms with E-state index in [4.69, 9.17) is 4.74 Å². The average Bonchev–Trinajstić information content (AvgIpc) is 2.99. The summed E-state index contributed by atoms with van der Waals surface area (Å²) in [5.41, 5.74) is 1.62. The number of carbonyl (C=O) groups is 2. The molecular formula is C23H33N3O3. The second-order valence-corrected chi connectivity index (χ2v) is 8.09. The van der Waals surface area contributed by atoms with Crippen molar-refractivity contribution in [2.24, 2.45) is 5.92 Å². The minimum Gasteiger partial charge on any atom is -0.496 e. The zero-order valence-electron chi connectivity index (χ0n) is 17.7. The van der Waals surface area contributed by atoms with Crippen molar-refractivity contribution in [3.8, 4) is 5.75 Å². The Balaban J connectivity index is 1.64. The van der Waals surface area contributed by atoms with E-state index in [-0.39, 0.29) is 17.7 Å². The maximum Gasteiger partial charge on any atom is 0.253 e. The molecule has 0 bridgehead atoms. The predicted octanol–water partition coefficient (Wildman–Crippen LogP) is 2.44. The number of benzene rings is 1. The molecule has 2 saturated heterocycles. The first-order chi connectivity index (χ1) is 14.0. The molecule has 1 unspecified atom stereocenters. The first kappa shape index (κ1) is 21.4. The molecular weight excluding hydrogens is 366 g/mol. The monoisotopic (exact) mass is 399 g/mol. The van der Waals surface area contributed by atoms with Gasteiger partial charge in [0.1, 0.15) is 5.75 Å². The first-order valence-electron chi connectivity index (χ1n) is 10.6. The van der Waals surface area contributed by atoms with Crippen LogP contribution in [0.15, 0.2) is 30.9 Å². The number of hydrogen-bond donors (Lipinski definition) is 0. The van der Waals surface area contributed by atoms with Gasteiger partial charge in [0.25, 0.3) is 5.91 Å². The van der Waals surface area contributed by atoms with Crippen LogP contribution in [0.3, 0.4) is 0 Å². The highest BCUT2D eigenvalue weighted by Gasteiger charge is 2.30. The molecule has 0 aromatic heterocycles. The van der Waals surface area contributed by atoms with Gasteiger partial charge >= 0.3 is 0 Å². The zero-order valence-corrected chi connectivity index (χ0v) is 17.7. The van der Waals surface area contributed by atoms with Gasteiger partial charge in [-0.15, -0.1) is 6.58 Å². The van der Waals surface area contributed by atoms with Crippen molar-refractivity contribution < 1.29 is 14.3 Å². The Morgan fingerprint density at radius 2 is 1.90 bits per heavy atom. The molecule has 0 spiro atoms. The summed E-state index contributed by atoms with van der Waals surface area (Å²) in [6.07, 6.45) is 5.33. The van der Waals surface area contributed by atoms with Crippen molar-refractivity contribution in [2.45, 2.75) is 25.7 Å². The van der Waals surface area contributed by atoms with Crippen LogP contribution in [0.5, 0.6) is 5.75 Å². The van der Waals surface area contributed by atoms with Gasteiger partial charge in [-0.2, -0.15) is 0 Å².